The van der Waals surface area contributed by atoms with Crippen molar-refractivity contribution in [1.29, 1.82) is 0 Å². The zero-order chi connectivity index (χ0) is 14.5. The molecule has 0 saturated carbocycles. The second-order valence-corrected chi connectivity index (χ2v) is 5.76. The SMILES string of the molecule is CCCCCCCCCCCc1nccn1CCCN. The average Bonchev–Trinajstić information content (AvgIpc) is 2.91. The molecule has 20 heavy (non-hydrogen) atoms. The lowest BCUT2D eigenvalue weighted by atomic mass is 10.1. The summed E-state index contributed by atoms with van der Waals surface area (Å²) >= 11 is 0. The molecule has 0 atom stereocenters. The van der Waals surface area contributed by atoms with Crippen LogP contribution in [0.1, 0.15) is 77.0 Å². The molecule has 0 amide bonds. The molecule has 1 aromatic rings. The van der Waals surface area contributed by atoms with Gasteiger partial charge in [-0.3, -0.25) is 0 Å². The fourth-order valence-corrected chi connectivity index (χ4v) is 2.63. The first-order chi connectivity index (χ1) is 9.88. The lowest BCUT2D eigenvalue weighted by Gasteiger charge is -2.07. The van der Waals surface area contributed by atoms with Gasteiger partial charge in [0.1, 0.15) is 5.82 Å². The zero-order valence-electron chi connectivity index (χ0n) is 13.3. The first kappa shape index (κ1) is 17.2. The van der Waals surface area contributed by atoms with E-state index in [0.29, 0.717) is 0 Å². The quantitative estimate of drug-likeness (QED) is 0.547. The van der Waals surface area contributed by atoms with Crippen LogP contribution < -0.4 is 5.73 Å². The van der Waals surface area contributed by atoms with Crippen molar-refractivity contribution < 1.29 is 0 Å². The average molecular weight is 279 g/mol. The summed E-state index contributed by atoms with van der Waals surface area (Å²) in [6.45, 7) is 4.05. The van der Waals surface area contributed by atoms with Crippen LogP contribution in [0.3, 0.4) is 0 Å². The molecule has 116 valence electrons. The van der Waals surface area contributed by atoms with E-state index in [9.17, 15) is 0 Å². The molecule has 0 unspecified atom stereocenters. The van der Waals surface area contributed by atoms with Crippen molar-refractivity contribution in [3.63, 3.8) is 0 Å². The van der Waals surface area contributed by atoms with Gasteiger partial charge < -0.3 is 10.3 Å². The third-order valence-corrected chi connectivity index (χ3v) is 3.91. The number of aromatic nitrogens is 2. The summed E-state index contributed by atoms with van der Waals surface area (Å²) in [5.41, 5.74) is 5.56. The molecule has 3 heteroatoms. The Labute approximate surface area is 125 Å². The Morgan fingerprint density at radius 1 is 0.950 bits per heavy atom. The third-order valence-electron chi connectivity index (χ3n) is 3.91. The largest absolute Gasteiger partial charge is 0.335 e. The van der Waals surface area contributed by atoms with Crippen molar-refractivity contribution in [2.24, 2.45) is 5.73 Å². The van der Waals surface area contributed by atoms with Crippen molar-refractivity contribution >= 4 is 0 Å². The Morgan fingerprint density at radius 3 is 2.25 bits per heavy atom. The first-order valence-corrected chi connectivity index (χ1v) is 8.58. The molecular formula is C17H33N3. The molecule has 0 fully saturated rings. The molecule has 0 radical (unpaired) electrons. The first-order valence-electron chi connectivity index (χ1n) is 8.58. The van der Waals surface area contributed by atoms with Gasteiger partial charge in [0, 0.05) is 25.4 Å². The van der Waals surface area contributed by atoms with E-state index >= 15 is 0 Å². The van der Waals surface area contributed by atoms with Crippen molar-refractivity contribution in [1.82, 2.24) is 9.55 Å². The monoisotopic (exact) mass is 279 g/mol. The summed E-state index contributed by atoms with van der Waals surface area (Å²) in [5, 5.41) is 0. The molecule has 0 saturated heterocycles. The number of imidazole rings is 1. The van der Waals surface area contributed by atoms with Crippen LogP contribution in [0.5, 0.6) is 0 Å². The molecule has 0 aliphatic heterocycles. The maximum Gasteiger partial charge on any atom is 0.108 e. The summed E-state index contributed by atoms with van der Waals surface area (Å²) < 4.78 is 2.26. The zero-order valence-corrected chi connectivity index (χ0v) is 13.3. The predicted octanol–water partition coefficient (Wildman–Crippen LogP) is 4.31. The Hall–Kier alpha value is -0.830. The smallest absolute Gasteiger partial charge is 0.108 e. The number of nitrogens with zero attached hydrogens (tertiary/aromatic N) is 2. The van der Waals surface area contributed by atoms with Crippen molar-refractivity contribution in [3.05, 3.63) is 18.2 Å². The van der Waals surface area contributed by atoms with Gasteiger partial charge >= 0.3 is 0 Å². The van der Waals surface area contributed by atoms with E-state index in [1.165, 1.54) is 63.6 Å². The van der Waals surface area contributed by atoms with Gasteiger partial charge in [-0.15, -0.1) is 0 Å². The lowest BCUT2D eigenvalue weighted by Crippen LogP contribution is -2.08. The van der Waals surface area contributed by atoms with E-state index in [-0.39, 0.29) is 0 Å². The van der Waals surface area contributed by atoms with Gasteiger partial charge in [0.15, 0.2) is 0 Å². The normalized spacial score (nSPS) is 11.1. The van der Waals surface area contributed by atoms with Crippen LogP contribution >= 0.6 is 0 Å². The fourth-order valence-electron chi connectivity index (χ4n) is 2.63. The third kappa shape index (κ3) is 7.68. The molecule has 2 N–H and O–H groups in total. The Kier molecular flexibility index (Phi) is 10.3. The van der Waals surface area contributed by atoms with Crippen LogP contribution in [-0.2, 0) is 13.0 Å². The van der Waals surface area contributed by atoms with Gasteiger partial charge in [-0.1, -0.05) is 58.3 Å². The van der Waals surface area contributed by atoms with Crippen LogP contribution in [0, 0.1) is 0 Å². The summed E-state index contributed by atoms with van der Waals surface area (Å²) in [6.07, 6.45) is 18.6. The van der Waals surface area contributed by atoms with Crippen molar-refractivity contribution in [2.45, 2.75) is 84.1 Å². The number of rotatable bonds is 13. The molecular weight excluding hydrogens is 246 g/mol. The van der Waals surface area contributed by atoms with E-state index in [1.807, 2.05) is 6.20 Å². The van der Waals surface area contributed by atoms with Gasteiger partial charge in [-0.05, 0) is 19.4 Å². The molecule has 0 bridgehead atoms. The predicted molar refractivity (Wildman–Crippen MR) is 86.8 cm³/mol. The van der Waals surface area contributed by atoms with Gasteiger partial charge in [0.25, 0.3) is 0 Å². The number of aryl methyl sites for hydroxylation is 2. The molecule has 0 aliphatic rings. The number of hydrogen-bond acceptors (Lipinski definition) is 2. The maximum absolute atomic E-state index is 5.56. The van der Waals surface area contributed by atoms with Crippen LogP contribution in [0.15, 0.2) is 12.4 Å². The highest BCUT2D eigenvalue weighted by Gasteiger charge is 2.02. The van der Waals surface area contributed by atoms with Gasteiger partial charge in [0.05, 0.1) is 0 Å². The van der Waals surface area contributed by atoms with Crippen molar-refractivity contribution in [2.75, 3.05) is 6.54 Å². The topological polar surface area (TPSA) is 43.8 Å². The highest BCUT2D eigenvalue weighted by atomic mass is 15.1. The van der Waals surface area contributed by atoms with Crippen LogP contribution in [0.25, 0.3) is 0 Å². The molecule has 0 aromatic carbocycles. The highest BCUT2D eigenvalue weighted by Crippen LogP contribution is 2.11. The molecule has 1 heterocycles. The second-order valence-electron chi connectivity index (χ2n) is 5.76. The van der Waals surface area contributed by atoms with Gasteiger partial charge in [0.2, 0.25) is 0 Å². The van der Waals surface area contributed by atoms with Crippen LogP contribution in [-0.4, -0.2) is 16.1 Å². The van der Waals surface area contributed by atoms with Crippen LogP contribution in [0.2, 0.25) is 0 Å². The molecule has 3 nitrogen and oxygen atoms in total. The molecule has 1 rings (SSSR count). The summed E-state index contributed by atoms with van der Waals surface area (Å²) in [4.78, 5) is 4.46. The number of nitrogens with two attached hydrogens (primary N) is 1. The summed E-state index contributed by atoms with van der Waals surface area (Å²) in [5.74, 6) is 1.24. The second kappa shape index (κ2) is 12.0. The number of unbranched alkanes of at least 4 members (excludes halogenated alkanes) is 8. The van der Waals surface area contributed by atoms with E-state index in [0.717, 1.165) is 25.9 Å². The summed E-state index contributed by atoms with van der Waals surface area (Å²) in [6, 6.07) is 0. The molecule has 0 spiro atoms. The van der Waals surface area contributed by atoms with Gasteiger partial charge in [-0.25, -0.2) is 4.98 Å². The maximum atomic E-state index is 5.56. The van der Waals surface area contributed by atoms with Crippen LogP contribution in [0.4, 0.5) is 0 Å². The standard InChI is InChI=1S/C17H33N3/c1-2-3-4-5-6-7-8-9-10-12-17-19-14-16-20(17)15-11-13-18/h14,16H,2-13,15,18H2,1H3. The molecule has 0 aliphatic carbocycles. The highest BCUT2D eigenvalue weighted by molar-refractivity contribution is 4.92. The summed E-state index contributed by atoms with van der Waals surface area (Å²) in [7, 11) is 0. The fraction of sp³-hybridized carbons (Fsp3) is 0.824. The Balaban J connectivity index is 1.99. The lowest BCUT2D eigenvalue weighted by molar-refractivity contribution is 0.552. The minimum atomic E-state index is 0.760. The number of hydrogen-bond donors (Lipinski definition) is 1. The molecule has 1 aromatic heterocycles. The minimum absolute atomic E-state index is 0.760. The Morgan fingerprint density at radius 2 is 1.60 bits per heavy atom. The van der Waals surface area contributed by atoms with E-state index in [1.54, 1.807) is 0 Å². The van der Waals surface area contributed by atoms with E-state index in [4.69, 9.17) is 5.73 Å². The minimum Gasteiger partial charge on any atom is -0.335 e. The van der Waals surface area contributed by atoms with Gasteiger partial charge in [-0.2, -0.15) is 0 Å². The van der Waals surface area contributed by atoms with E-state index < -0.39 is 0 Å². The van der Waals surface area contributed by atoms with E-state index in [2.05, 4.69) is 22.7 Å². The Bertz CT molecular complexity index is 320. The van der Waals surface area contributed by atoms with Crippen molar-refractivity contribution in [3.8, 4) is 0 Å².